The zero-order valence-electron chi connectivity index (χ0n) is 12.9. The Morgan fingerprint density at radius 2 is 2.05 bits per heavy atom. The maximum Gasteiger partial charge on any atom is 0.193 e. The Hall–Kier alpha value is -0.820. The molecule has 1 aromatic rings. The average Bonchev–Trinajstić information content (AvgIpc) is 3.28. The first kappa shape index (κ1) is 18.2. The normalized spacial score (nSPS) is 14.5. The van der Waals surface area contributed by atoms with Gasteiger partial charge in [-0.2, -0.15) is 0 Å². The van der Waals surface area contributed by atoms with Crippen LogP contribution in [0.1, 0.15) is 18.4 Å². The van der Waals surface area contributed by atoms with E-state index in [1.54, 1.807) is 0 Å². The van der Waals surface area contributed by atoms with Crippen LogP contribution in [0.2, 0.25) is 0 Å². The maximum atomic E-state index is 5.61. The van der Waals surface area contributed by atoms with Crippen molar-refractivity contribution in [2.24, 2.45) is 10.9 Å². The van der Waals surface area contributed by atoms with Gasteiger partial charge < -0.3 is 15.0 Å². The van der Waals surface area contributed by atoms with Gasteiger partial charge in [-0.05, 0) is 24.3 Å². The highest BCUT2D eigenvalue weighted by Crippen LogP contribution is 2.28. The minimum Gasteiger partial charge on any atom is -0.379 e. The van der Waals surface area contributed by atoms with E-state index in [4.69, 9.17) is 4.74 Å². The second-order valence-electron chi connectivity index (χ2n) is 5.33. The fraction of sp³-hybridized carbons (Fsp3) is 0.562. The molecule has 1 aliphatic carbocycles. The molecule has 1 fully saturated rings. The van der Waals surface area contributed by atoms with Crippen LogP contribution in [-0.2, 0) is 11.3 Å². The lowest BCUT2D eigenvalue weighted by molar-refractivity contribution is 0.128. The molecule has 1 saturated carbocycles. The van der Waals surface area contributed by atoms with Crippen molar-refractivity contribution in [3.63, 3.8) is 0 Å². The molecule has 1 N–H and O–H groups in total. The molecule has 0 aliphatic heterocycles. The number of guanidine groups is 1. The van der Waals surface area contributed by atoms with Gasteiger partial charge in [-0.3, -0.25) is 4.99 Å². The first-order valence-electron chi connectivity index (χ1n) is 7.33. The summed E-state index contributed by atoms with van der Waals surface area (Å²) in [7, 11) is 3.86. The van der Waals surface area contributed by atoms with Crippen molar-refractivity contribution in [3.05, 3.63) is 35.9 Å². The second-order valence-corrected chi connectivity index (χ2v) is 5.33. The first-order chi connectivity index (χ1) is 9.79. The summed E-state index contributed by atoms with van der Waals surface area (Å²) in [6, 6.07) is 10.4. The molecule has 0 bridgehead atoms. The number of aliphatic imine (C=N–C) groups is 1. The monoisotopic (exact) mass is 403 g/mol. The lowest BCUT2D eigenvalue weighted by Gasteiger charge is -2.22. The van der Waals surface area contributed by atoms with Crippen molar-refractivity contribution in [2.75, 3.05) is 33.9 Å². The number of halogens is 1. The van der Waals surface area contributed by atoms with E-state index < -0.39 is 0 Å². The quantitative estimate of drug-likeness (QED) is 0.329. The third-order valence-electron chi connectivity index (χ3n) is 3.42. The zero-order chi connectivity index (χ0) is 14.2. The number of hydrogen-bond acceptors (Lipinski definition) is 2. The van der Waals surface area contributed by atoms with Crippen LogP contribution in [0.15, 0.2) is 35.3 Å². The molecule has 5 heteroatoms. The van der Waals surface area contributed by atoms with E-state index in [-0.39, 0.29) is 24.0 Å². The summed E-state index contributed by atoms with van der Waals surface area (Å²) in [6.07, 6.45) is 2.68. The molecule has 0 saturated heterocycles. The number of rotatable bonds is 7. The van der Waals surface area contributed by atoms with Gasteiger partial charge in [-0.1, -0.05) is 30.3 Å². The van der Waals surface area contributed by atoms with Gasteiger partial charge in [-0.25, -0.2) is 0 Å². The van der Waals surface area contributed by atoms with E-state index in [1.807, 2.05) is 20.2 Å². The van der Waals surface area contributed by atoms with Crippen LogP contribution < -0.4 is 5.32 Å². The number of hydrogen-bond donors (Lipinski definition) is 1. The summed E-state index contributed by atoms with van der Waals surface area (Å²) in [5.41, 5.74) is 1.28. The minimum atomic E-state index is 0. The predicted molar refractivity (Wildman–Crippen MR) is 98.2 cm³/mol. The molecule has 2 rings (SSSR count). The molecule has 21 heavy (non-hydrogen) atoms. The van der Waals surface area contributed by atoms with Crippen LogP contribution in [0, 0.1) is 5.92 Å². The van der Waals surface area contributed by atoms with Crippen molar-refractivity contribution in [2.45, 2.75) is 19.4 Å². The van der Waals surface area contributed by atoms with Crippen LogP contribution in [0.4, 0.5) is 0 Å². The second kappa shape index (κ2) is 10.00. The number of nitrogens with zero attached hydrogens (tertiary/aromatic N) is 2. The molecule has 0 unspecified atom stereocenters. The van der Waals surface area contributed by atoms with Gasteiger partial charge in [0.15, 0.2) is 5.96 Å². The molecule has 1 aromatic carbocycles. The predicted octanol–water partition coefficient (Wildman–Crippen LogP) is 2.74. The fourth-order valence-corrected chi connectivity index (χ4v) is 2.09. The Balaban J connectivity index is 0.00000220. The van der Waals surface area contributed by atoms with E-state index in [0.717, 1.165) is 38.2 Å². The summed E-state index contributed by atoms with van der Waals surface area (Å²) in [5.74, 6) is 1.74. The summed E-state index contributed by atoms with van der Waals surface area (Å²) < 4.78 is 5.61. The van der Waals surface area contributed by atoms with E-state index >= 15 is 0 Å². The Morgan fingerprint density at radius 3 is 2.67 bits per heavy atom. The first-order valence-corrected chi connectivity index (χ1v) is 7.33. The minimum absolute atomic E-state index is 0. The highest BCUT2D eigenvalue weighted by molar-refractivity contribution is 14.0. The third-order valence-corrected chi connectivity index (χ3v) is 3.42. The van der Waals surface area contributed by atoms with Gasteiger partial charge in [0, 0.05) is 33.8 Å². The van der Waals surface area contributed by atoms with Crippen molar-refractivity contribution in [1.29, 1.82) is 0 Å². The molecule has 0 radical (unpaired) electrons. The van der Waals surface area contributed by atoms with Gasteiger partial charge in [0.1, 0.15) is 0 Å². The molecular weight excluding hydrogens is 377 g/mol. The molecule has 0 atom stereocenters. The molecule has 4 nitrogen and oxygen atoms in total. The smallest absolute Gasteiger partial charge is 0.193 e. The molecule has 118 valence electrons. The molecule has 0 amide bonds. The summed E-state index contributed by atoms with van der Waals surface area (Å²) in [6.45, 7) is 3.32. The average molecular weight is 403 g/mol. The Kier molecular flexibility index (Phi) is 8.68. The number of benzene rings is 1. The fourth-order valence-electron chi connectivity index (χ4n) is 2.09. The van der Waals surface area contributed by atoms with Crippen LogP contribution in [0.5, 0.6) is 0 Å². The molecule has 0 spiro atoms. The zero-order valence-corrected chi connectivity index (χ0v) is 15.2. The van der Waals surface area contributed by atoms with E-state index in [2.05, 4.69) is 39.5 Å². The van der Waals surface area contributed by atoms with E-state index in [1.165, 1.54) is 18.4 Å². The van der Waals surface area contributed by atoms with Crippen LogP contribution in [0.3, 0.4) is 0 Å². The van der Waals surface area contributed by atoms with Gasteiger partial charge in [0.25, 0.3) is 0 Å². The largest absolute Gasteiger partial charge is 0.379 e. The third kappa shape index (κ3) is 7.13. The van der Waals surface area contributed by atoms with Crippen molar-refractivity contribution >= 4 is 29.9 Å². The molecule has 1 aliphatic rings. The van der Waals surface area contributed by atoms with Gasteiger partial charge in [0.2, 0.25) is 0 Å². The lowest BCUT2D eigenvalue weighted by atomic mass is 10.2. The topological polar surface area (TPSA) is 36.9 Å². The Labute approximate surface area is 145 Å². The maximum absolute atomic E-state index is 5.61. The lowest BCUT2D eigenvalue weighted by Crippen LogP contribution is -2.40. The number of ether oxygens (including phenoxy) is 1. The molecule has 0 heterocycles. The Bertz CT molecular complexity index is 421. The van der Waals surface area contributed by atoms with Crippen LogP contribution >= 0.6 is 24.0 Å². The summed E-state index contributed by atoms with van der Waals surface area (Å²) in [4.78, 5) is 6.43. The van der Waals surface area contributed by atoms with Gasteiger partial charge >= 0.3 is 0 Å². The van der Waals surface area contributed by atoms with Crippen LogP contribution in [-0.4, -0.2) is 44.7 Å². The van der Waals surface area contributed by atoms with Crippen molar-refractivity contribution in [3.8, 4) is 0 Å². The Morgan fingerprint density at radius 1 is 1.33 bits per heavy atom. The summed E-state index contributed by atoms with van der Waals surface area (Å²) in [5, 5.41) is 3.33. The molecular formula is C16H26IN3O. The number of nitrogens with one attached hydrogen (secondary N) is 1. The summed E-state index contributed by atoms with van der Waals surface area (Å²) >= 11 is 0. The van der Waals surface area contributed by atoms with Crippen molar-refractivity contribution < 1.29 is 4.74 Å². The highest BCUT2D eigenvalue weighted by Gasteiger charge is 2.20. The van der Waals surface area contributed by atoms with E-state index in [9.17, 15) is 0 Å². The SMILES string of the molecule is CN=C(NCCOCC1CC1)N(C)Cc1ccccc1.I. The van der Waals surface area contributed by atoms with Crippen LogP contribution in [0.25, 0.3) is 0 Å². The standard InChI is InChI=1S/C16H25N3O.HI/c1-17-16(18-10-11-20-13-15-8-9-15)19(2)12-14-6-4-3-5-7-14;/h3-7,15H,8-13H2,1-2H3,(H,17,18);1H. The van der Waals surface area contributed by atoms with E-state index in [0.29, 0.717) is 0 Å². The molecule has 0 aromatic heterocycles. The van der Waals surface area contributed by atoms with Gasteiger partial charge in [-0.15, -0.1) is 24.0 Å². The highest BCUT2D eigenvalue weighted by atomic mass is 127. The van der Waals surface area contributed by atoms with Gasteiger partial charge in [0.05, 0.1) is 6.61 Å². The van der Waals surface area contributed by atoms with Crippen molar-refractivity contribution in [1.82, 2.24) is 10.2 Å².